The first-order chi connectivity index (χ1) is 8.42. The standard InChI is InChI=1S/C15H22BrNS/c1-14(2)10-6-7-15(3,8-10)13(14)17-9-11-4-5-12(16)18-11/h4-5,10,13,17H,6-9H2,1-3H3/t10-,13?,15+/m0/s1. The van der Waals surface area contributed by atoms with Gasteiger partial charge in [-0.1, -0.05) is 20.8 Å². The van der Waals surface area contributed by atoms with Crippen LogP contribution < -0.4 is 5.32 Å². The molecular weight excluding hydrogens is 306 g/mol. The molecule has 3 atom stereocenters. The Balaban J connectivity index is 1.72. The van der Waals surface area contributed by atoms with E-state index in [9.17, 15) is 0 Å². The van der Waals surface area contributed by atoms with Gasteiger partial charge >= 0.3 is 0 Å². The summed E-state index contributed by atoms with van der Waals surface area (Å²) in [7, 11) is 0. The number of halogens is 1. The minimum Gasteiger partial charge on any atom is -0.308 e. The van der Waals surface area contributed by atoms with E-state index in [1.165, 1.54) is 27.9 Å². The van der Waals surface area contributed by atoms with Gasteiger partial charge in [-0.3, -0.25) is 0 Å². The van der Waals surface area contributed by atoms with Crippen molar-refractivity contribution in [3.63, 3.8) is 0 Å². The molecule has 1 heterocycles. The van der Waals surface area contributed by atoms with Crippen LogP contribution in [0.4, 0.5) is 0 Å². The van der Waals surface area contributed by atoms with Gasteiger partial charge in [0.1, 0.15) is 0 Å². The molecule has 0 amide bonds. The van der Waals surface area contributed by atoms with Crippen LogP contribution in [0.15, 0.2) is 15.9 Å². The van der Waals surface area contributed by atoms with Crippen molar-refractivity contribution in [3.8, 4) is 0 Å². The van der Waals surface area contributed by atoms with Crippen LogP contribution in [0.2, 0.25) is 0 Å². The third-order valence-corrected chi connectivity index (χ3v) is 7.00. The largest absolute Gasteiger partial charge is 0.308 e. The van der Waals surface area contributed by atoms with Crippen molar-refractivity contribution in [3.05, 3.63) is 20.8 Å². The van der Waals surface area contributed by atoms with Gasteiger partial charge in [-0.05, 0) is 64.1 Å². The van der Waals surface area contributed by atoms with E-state index in [4.69, 9.17) is 0 Å². The number of fused-ring (bicyclic) bond motifs is 2. The van der Waals surface area contributed by atoms with Crippen molar-refractivity contribution in [1.82, 2.24) is 5.32 Å². The van der Waals surface area contributed by atoms with E-state index in [2.05, 4.69) is 54.2 Å². The lowest BCUT2D eigenvalue weighted by molar-refractivity contribution is 0.108. The van der Waals surface area contributed by atoms with Crippen LogP contribution in [0.25, 0.3) is 0 Å². The average molecular weight is 328 g/mol. The Kier molecular flexibility index (Phi) is 3.15. The SMILES string of the molecule is CC1(C)C(NCc2ccc(Br)s2)[C@]2(C)CC[C@H]1C2. The molecule has 100 valence electrons. The number of rotatable bonds is 3. The highest BCUT2D eigenvalue weighted by Gasteiger charge is 2.58. The van der Waals surface area contributed by atoms with Gasteiger partial charge < -0.3 is 5.32 Å². The summed E-state index contributed by atoms with van der Waals surface area (Å²) in [6, 6.07) is 5.05. The van der Waals surface area contributed by atoms with Gasteiger partial charge in [-0.25, -0.2) is 0 Å². The molecule has 2 aliphatic carbocycles. The molecule has 1 unspecified atom stereocenters. The molecule has 1 N–H and O–H groups in total. The summed E-state index contributed by atoms with van der Waals surface area (Å²) in [5.74, 6) is 0.926. The third kappa shape index (κ3) is 1.99. The van der Waals surface area contributed by atoms with Crippen LogP contribution in [-0.2, 0) is 6.54 Å². The van der Waals surface area contributed by atoms with E-state index in [0.717, 1.165) is 12.5 Å². The highest BCUT2D eigenvalue weighted by Crippen LogP contribution is 2.62. The number of thiophene rings is 1. The molecule has 18 heavy (non-hydrogen) atoms. The number of hydrogen-bond donors (Lipinski definition) is 1. The van der Waals surface area contributed by atoms with E-state index in [1.807, 2.05) is 11.3 Å². The highest BCUT2D eigenvalue weighted by atomic mass is 79.9. The molecule has 2 saturated carbocycles. The average Bonchev–Trinajstić information content (AvgIpc) is 2.89. The van der Waals surface area contributed by atoms with E-state index < -0.39 is 0 Å². The van der Waals surface area contributed by atoms with Crippen molar-refractivity contribution in [2.24, 2.45) is 16.7 Å². The lowest BCUT2D eigenvalue weighted by atomic mass is 9.68. The quantitative estimate of drug-likeness (QED) is 0.839. The van der Waals surface area contributed by atoms with Crippen LogP contribution in [0.1, 0.15) is 44.9 Å². The molecule has 2 bridgehead atoms. The van der Waals surface area contributed by atoms with Crippen molar-refractivity contribution >= 4 is 27.3 Å². The predicted octanol–water partition coefficient (Wildman–Crippen LogP) is 4.82. The van der Waals surface area contributed by atoms with Crippen molar-refractivity contribution < 1.29 is 0 Å². The maximum Gasteiger partial charge on any atom is 0.0701 e. The van der Waals surface area contributed by atoms with Gasteiger partial charge in [0, 0.05) is 17.5 Å². The first-order valence-electron chi connectivity index (χ1n) is 6.89. The fraction of sp³-hybridized carbons (Fsp3) is 0.733. The van der Waals surface area contributed by atoms with Crippen molar-refractivity contribution in [2.75, 3.05) is 0 Å². The van der Waals surface area contributed by atoms with Crippen molar-refractivity contribution in [1.29, 1.82) is 0 Å². The molecule has 1 aromatic rings. The molecular formula is C15H22BrNS. The molecule has 2 aliphatic rings. The molecule has 0 spiro atoms. The fourth-order valence-electron chi connectivity index (χ4n) is 4.46. The normalized spacial score (nSPS) is 37.3. The second-order valence-electron chi connectivity index (χ2n) is 6.93. The van der Waals surface area contributed by atoms with Gasteiger partial charge in [-0.2, -0.15) is 0 Å². The summed E-state index contributed by atoms with van der Waals surface area (Å²) in [5.41, 5.74) is 0.990. The topological polar surface area (TPSA) is 12.0 Å². The lowest BCUT2D eigenvalue weighted by Gasteiger charge is -2.43. The summed E-state index contributed by atoms with van der Waals surface area (Å²) < 4.78 is 1.23. The second kappa shape index (κ2) is 4.32. The van der Waals surface area contributed by atoms with Crippen LogP contribution >= 0.6 is 27.3 Å². The maximum atomic E-state index is 3.86. The van der Waals surface area contributed by atoms with Crippen LogP contribution in [0, 0.1) is 16.7 Å². The minimum absolute atomic E-state index is 0.460. The van der Waals surface area contributed by atoms with Crippen LogP contribution in [0.3, 0.4) is 0 Å². The smallest absolute Gasteiger partial charge is 0.0701 e. The number of nitrogens with one attached hydrogen (secondary N) is 1. The highest BCUT2D eigenvalue weighted by molar-refractivity contribution is 9.11. The van der Waals surface area contributed by atoms with Crippen molar-refractivity contribution in [2.45, 2.75) is 52.6 Å². The Morgan fingerprint density at radius 3 is 2.72 bits per heavy atom. The molecule has 1 aromatic heterocycles. The zero-order valence-corrected chi connectivity index (χ0v) is 13.8. The third-order valence-electron chi connectivity index (χ3n) is 5.38. The summed E-state index contributed by atoms with van der Waals surface area (Å²) in [6.45, 7) is 8.44. The summed E-state index contributed by atoms with van der Waals surface area (Å²) in [6.07, 6.45) is 4.27. The summed E-state index contributed by atoms with van der Waals surface area (Å²) in [5, 5.41) is 3.86. The lowest BCUT2D eigenvalue weighted by Crippen LogP contribution is -2.49. The van der Waals surface area contributed by atoms with Gasteiger partial charge in [0.25, 0.3) is 0 Å². The second-order valence-corrected chi connectivity index (χ2v) is 9.48. The Morgan fingerprint density at radius 1 is 1.39 bits per heavy atom. The van der Waals surface area contributed by atoms with Crippen LogP contribution in [0.5, 0.6) is 0 Å². The van der Waals surface area contributed by atoms with Gasteiger partial charge in [0.05, 0.1) is 3.79 Å². The monoisotopic (exact) mass is 327 g/mol. The predicted molar refractivity (Wildman–Crippen MR) is 81.9 cm³/mol. The van der Waals surface area contributed by atoms with Gasteiger partial charge in [0.2, 0.25) is 0 Å². The number of hydrogen-bond acceptors (Lipinski definition) is 2. The zero-order valence-electron chi connectivity index (χ0n) is 11.4. The first kappa shape index (κ1) is 13.1. The molecule has 3 heteroatoms. The van der Waals surface area contributed by atoms with Gasteiger partial charge in [-0.15, -0.1) is 11.3 Å². The maximum absolute atomic E-state index is 3.86. The molecule has 0 aliphatic heterocycles. The first-order valence-corrected chi connectivity index (χ1v) is 8.50. The Labute approximate surface area is 122 Å². The Hall–Kier alpha value is 0.140. The molecule has 2 fully saturated rings. The van der Waals surface area contributed by atoms with E-state index in [-0.39, 0.29) is 0 Å². The molecule has 1 nitrogen and oxygen atoms in total. The minimum atomic E-state index is 0.460. The Bertz CT molecular complexity index is 448. The summed E-state index contributed by atoms with van der Waals surface area (Å²) >= 11 is 5.39. The Morgan fingerprint density at radius 2 is 2.17 bits per heavy atom. The van der Waals surface area contributed by atoms with Crippen LogP contribution in [-0.4, -0.2) is 6.04 Å². The fourth-order valence-corrected chi connectivity index (χ4v) is 5.89. The molecule has 3 rings (SSSR count). The summed E-state index contributed by atoms with van der Waals surface area (Å²) in [4.78, 5) is 1.43. The van der Waals surface area contributed by atoms with Gasteiger partial charge in [0.15, 0.2) is 0 Å². The van der Waals surface area contributed by atoms with E-state index in [0.29, 0.717) is 16.9 Å². The molecule has 0 radical (unpaired) electrons. The van der Waals surface area contributed by atoms with E-state index in [1.54, 1.807) is 0 Å². The zero-order chi connectivity index (χ0) is 13.0. The molecule has 0 saturated heterocycles. The van der Waals surface area contributed by atoms with E-state index >= 15 is 0 Å². The molecule has 0 aromatic carbocycles.